The molecule has 1 unspecified atom stereocenters. The zero-order valence-electron chi connectivity index (χ0n) is 19.3. The molecule has 33 heavy (non-hydrogen) atoms. The van der Waals surface area contributed by atoms with Crippen molar-refractivity contribution in [2.24, 2.45) is 0 Å². The van der Waals surface area contributed by atoms with Crippen LogP contribution in [0.15, 0.2) is 40.8 Å². The molecule has 0 radical (unpaired) electrons. The number of likely N-dealkylation sites (tertiary alicyclic amines) is 1. The Hall–Kier alpha value is -2.76. The van der Waals surface area contributed by atoms with Crippen LogP contribution in [0.25, 0.3) is 22.2 Å². The summed E-state index contributed by atoms with van der Waals surface area (Å²) in [5.41, 5.74) is 2.13. The Morgan fingerprint density at radius 2 is 1.85 bits per heavy atom. The van der Waals surface area contributed by atoms with Crippen LogP contribution in [-0.2, 0) is 4.79 Å². The van der Waals surface area contributed by atoms with Crippen LogP contribution >= 0.6 is 0 Å². The summed E-state index contributed by atoms with van der Waals surface area (Å²) >= 11 is 0. The lowest BCUT2D eigenvalue weighted by atomic mass is 10.0. The molecule has 4 nitrogen and oxygen atoms in total. The lowest BCUT2D eigenvalue weighted by Crippen LogP contribution is -2.30. The van der Waals surface area contributed by atoms with E-state index in [2.05, 4.69) is 11.9 Å². The van der Waals surface area contributed by atoms with Crippen molar-refractivity contribution in [3.63, 3.8) is 0 Å². The van der Waals surface area contributed by atoms with Crippen LogP contribution in [0.5, 0.6) is 0 Å². The minimum absolute atomic E-state index is 0.152. The Kier molecular flexibility index (Phi) is 7.73. The molecule has 1 atom stereocenters. The number of fused-ring (bicyclic) bond motifs is 1. The average molecular weight is 455 g/mol. The van der Waals surface area contributed by atoms with E-state index in [1.54, 1.807) is 18.2 Å². The number of unbranched alkanes of at least 4 members (excludes halogenated alkanes) is 6. The van der Waals surface area contributed by atoms with Gasteiger partial charge in [0, 0.05) is 24.6 Å². The van der Waals surface area contributed by atoms with Gasteiger partial charge in [-0.1, -0.05) is 51.5 Å². The number of benzene rings is 2. The molecule has 3 aromatic rings. The van der Waals surface area contributed by atoms with Crippen LogP contribution in [0, 0.1) is 11.6 Å². The first-order chi connectivity index (χ1) is 16.1. The summed E-state index contributed by atoms with van der Waals surface area (Å²) in [6.45, 7) is 2.94. The fourth-order valence-corrected chi connectivity index (χ4v) is 4.68. The summed E-state index contributed by atoms with van der Waals surface area (Å²) in [6, 6.07) is 8.63. The Balaban J connectivity index is 1.41. The summed E-state index contributed by atoms with van der Waals surface area (Å²) in [5.74, 6) is -0.519. The molecule has 1 saturated heterocycles. The zero-order valence-corrected chi connectivity index (χ0v) is 19.3. The topological polar surface area (TPSA) is 46.3 Å². The highest BCUT2D eigenvalue weighted by atomic mass is 19.1. The van der Waals surface area contributed by atoms with Gasteiger partial charge in [0.15, 0.2) is 5.58 Å². The summed E-state index contributed by atoms with van der Waals surface area (Å²) in [7, 11) is 0. The van der Waals surface area contributed by atoms with E-state index in [0.717, 1.165) is 38.3 Å². The van der Waals surface area contributed by atoms with E-state index in [-0.39, 0.29) is 11.9 Å². The third-order valence-corrected chi connectivity index (χ3v) is 6.50. The lowest BCUT2D eigenvalue weighted by molar-refractivity contribution is -0.132. The number of hydrogen-bond donors (Lipinski definition) is 0. The lowest BCUT2D eigenvalue weighted by Gasteiger charge is -2.22. The number of amides is 1. The zero-order chi connectivity index (χ0) is 23.2. The third-order valence-electron chi connectivity index (χ3n) is 6.50. The SMILES string of the molecule is CCCCCCCCCC(=O)N1CCCC1c1nc2cc(-c3ccc(F)cc3F)ccc2o1. The number of oxazole rings is 1. The van der Waals surface area contributed by atoms with Crippen LogP contribution in [0.4, 0.5) is 8.78 Å². The quantitative estimate of drug-likeness (QED) is 0.297. The Morgan fingerprint density at radius 1 is 1.06 bits per heavy atom. The number of aromatic nitrogens is 1. The normalized spacial score (nSPS) is 16.1. The van der Waals surface area contributed by atoms with Crippen molar-refractivity contribution < 1.29 is 18.0 Å². The fraction of sp³-hybridized carbons (Fsp3) is 0.481. The van der Waals surface area contributed by atoms with Crippen LogP contribution in [-0.4, -0.2) is 22.3 Å². The molecule has 4 rings (SSSR count). The maximum Gasteiger partial charge on any atom is 0.223 e. The Morgan fingerprint density at radius 3 is 2.64 bits per heavy atom. The Labute approximate surface area is 194 Å². The molecule has 0 bridgehead atoms. The number of carbonyl (C=O) groups is 1. The monoisotopic (exact) mass is 454 g/mol. The molecule has 1 aliphatic heterocycles. The van der Waals surface area contributed by atoms with Crippen LogP contribution in [0.2, 0.25) is 0 Å². The molecule has 1 aromatic heterocycles. The number of nitrogens with zero attached hydrogens (tertiary/aromatic N) is 2. The first-order valence-corrected chi connectivity index (χ1v) is 12.2. The molecule has 0 aliphatic carbocycles. The second-order valence-corrected chi connectivity index (χ2v) is 8.98. The van der Waals surface area contributed by atoms with E-state index >= 15 is 0 Å². The number of hydrogen-bond acceptors (Lipinski definition) is 3. The highest BCUT2D eigenvalue weighted by Crippen LogP contribution is 2.35. The molecule has 176 valence electrons. The van der Waals surface area contributed by atoms with Crippen molar-refractivity contribution in [3.05, 3.63) is 53.9 Å². The van der Waals surface area contributed by atoms with Gasteiger partial charge in [-0.25, -0.2) is 13.8 Å². The van der Waals surface area contributed by atoms with E-state index < -0.39 is 11.6 Å². The number of halogens is 2. The molecule has 0 N–H and O–H groups in total. The second-order valence-electron chi connectivity index (χ2n) is 8.98. The van der Waals surface area contributed by atoms with Crippen molar-refractivity contribution in [1.82, 2.24) is 9.88 Å². The summed E-state index contributed by atoms with van der Waals surface area (Å²) in [6.07, 6.45) is 10.6. The van der Waals surface area contributed by atoms with Crippen molar-refractivity contribution in [2.45, 2.75) is 77.2 Å². The maximum absolute atomic E-state index is 14.2. The van der Waals surface area contributed by atoms with Crippen molar-refractivity contribution in [2.75, 3.05) is 6.54 Å². The first kappa shape index (κ1) is 23.4. The largest absolute Gasteiger partial charge is 0.438 e. The van der Waals surface area contributed by atoms with Crippen molar-refractivity contribution in [3.8, 4) is 11.1 Å². The first-order valence-electron chi connectivity index (χ1n) is 12.2. The average Bonchev–Trinajstić information content (AvgIpc) is 3.45. The van der Waals surface area contributed by atoms with E-state index in [9.17, 15) is 13.6 Å². The molecule has 6 heteroatoms. The standard InChI is InChI=1S/C27H32F2N2O2/c1-2-3-4-5-6-7-8-11-26(32)31-16-9-10-24(31)27-30-23-17-19(12-15-25(23)33-27)21-14-13-20(28)18-22(21)29/h12-15,17-18,24H,2-11,16H2,1H3. The highest BCUT2D eigenvalue weighted by molar-refractivity contribution is 5.81. The predicted molar refractivity (Wildman–Crippen MR) is 126 cm³/mol. The van der Waals surface area contributed by atoms with Gasteiger partial charge in [-0.2, -0.15) is 0 Å². The van der Waals surface area contributed by atoms with Gasteiger partial charge >= 0.3 is 0 Å². The van der Waals surface area contributed by atoms with Crippen molar-refractivity contribution >= 4 is 17.0 Å². The molecular formula is C27H32F2N2O2. The minimum Gasteiger partial charge on any atom is -0.438 e. The van der Waals surface area contributed by atoms with Crippen LogP contribution in [0.3, 0.4) is 0 Å². The Bertz CT molecular complexity index is 1090. The van der Waals surface area contributed by atoms with Crippen molar-refractivity contribution in [1.29, 1.82) is 0 Å². The minimum atomic E-state index is -0.615. The van der Waals surface area contributed by atoms with Crippen LogP contribution in [0.1, 0.15) is 83.1 Å². The number of rotatable bonds is 10. The van der Waals surface area contributed by atoms with Gasteiger partial charge < -0.3 is 9.32 Å². The summed E-state index contributed by atoms with van der Waals surface area (Å²) in [5, 5.41) is 0. The second kappa shape index (κ2) is 10.9. The smallest absolute Gasteiger partial charge is 0.223 e. The van der Waals surface area contributed by atoms with Gasteiger partial charge in [0.05, 0.1) is 0 Å². The molecule has 0 spiro atoms. The van der Waals surface area contributed by atoms with E-state index in [1.807, 2.05) is 4.90 Å². The van der Waals surface area contributed by atoms with Crippen LogP contribution < -0.4 is 0 Å². The summed E-state index contributed by atoms with van der Waals surface area (Å²) < 4.78 is 33.5. The van der Waals surface area contributed by atoms with Gasteiger partial charge in [0.2, 0.25) is 11.8 Å². The molecular weight excluding hydrogens is 422 g/mol. The van der Waals surface area contributed by atoms with E-state index in [0.29, 0.717) is 34.5 Å². The van der Waals surface area contributed by atoms with Gasteiger partial charge in [0.1, 0.15) is 23.2 Å². The molecule has 0 saturated carbocycles. The van der Waals surface area contributed by atoms with Gasteiger partial charge in [-0.15, -0.1) is 0 Å². The maximum atomic E-state index is 14.2. The number of carbonyl (C=O) groups excluding carboxylic acids is 1. The summed E-state index contributed by atoms with van der Waals surface area (Å²) in [4.78, 5) is 19.4. The molecule has 2 aromatic carbocycles. The molecule has 2 heterocycles. The fourth-order valence-electron chi connectivity index (χ4n) is 4.68. The predicted octanol–water partition coefficient (Wildman–Crippen LogP) is 7.58. The van der Waals surface area contributed by atoms with Gasteiger partial charge in [-0.3, -0.25) is 4.79 Å². The third kappa shape index (κ3) is 5.60. The van der Waals surface area contributed by atoms with Gasteiger partial charge in [0.25, 0.3) is 0 Å². The van der Waals surface area contributed by atoms with E-state index in [4.69, 9.17) is 4.42 Å². The van der Waals surface area contributed by atoms with E-state index in [1.165, 1.54) is 44.2 Å². The molecule has 1 amide bonds. The van der Waals surface area contributed by atoms with Gasteiger partial charge in [-0.05, 0) is 49.1 Å². The molecule has 1 fully saturated rings. The highest BCUT2D eigenvalue weighted by Gasteiger charge is 2.33. The molecule has 1 aliphatic rings.